The standard InChI is InChI=1S/C12H9N3O/c16-11-6-3-4-9-8-14-12(15(9)11)10-5-1-2-7-13-10/h1-8,16H. The van der Waals surface area contributed by atoms with Crippen molar-refractivity contribution in [2.45, 2.75) is 0 Å². The lowest BCUT2D eigenvalue weighted by molar-refractivity contribution is 0.447. The smallest absolute Gasteiger partial charge is 0.197 e. The van der Waals surface area contributed by atoms with E-state index in [1.165, 1.54) is 0 Å². The number of hydrogen-bond acceptors (Lipinski definition) is 3. The van der Waals surface area contributed by atoms with E-state index in [2.05, 4.69) is 9.97 Å². The molecule has 16 heavy (non-hydrogen) atoms. The average molecular weight is 211 g/mol. The molecular weight excluding hydrogens is 202 g/mol. The van der Waals surface area contributed by atoms with Gasteiger partial charge in [0.2, 0.25) is 0 Å². The van der Waals surface area contributed by atoms with Crippen LogP contribution in [0.2, 0.25) is 0 Å². The fourth-order valence-electron chi connectivity index (χ4n) is 1.71. The lowest BCUT2D eigenvalue weighted by Crippen LogP contribution is -1.91. The Hall–Kier alpha value is -2.36. The minimum absolute atomic E-state index is 0.163. The molecule has 1 N–H and O–H groups in total. The first kappa shape index (κ1) is 8.91. The van der Waals surface area contributed by atoms with Gasteiger partial charge in [0.1, 0.15) is 5.69 Å². The quantitative estimate of drug-likeness (QED) is 0.670. The van der Waals surface area contributed by atoms with Gasteiger partial charge in [0.05, 0.1) is 11.7 Å². The van der Waals surface area contributed by atoms with Crippen molar-refractivity contribution in [3.05, 3.63) is 48.8 Å². The van der Waals surface area contributed by atoms with E-state index in [1.807, 2.05) is 24.3 Å². The molecule has 0 bridgehead atoms. The molecule has 4 nitrogen and oxygen atoms in total. The summed E-state index contributed by atoms with van der Waals surface area (Å²) < 4.78 is 1.67. The number of nitrogens with zero attached hydrogens (tertiary/aromatic N) is 3. The summed E-state index contributed by atoms with van der Waals surface area (Å²) in [5.41, 5.74) is 1.59. The van der Waals surface area contributed by atoms with Crippen molar-refractivity contribution in [2.24, 2.45) is 0 Å². The van der Waals surface area contributed by atoms with E-state index in [1.54, 1.807) is 28.9 Å². The predicted octanol–water partition coefficient (Wildman–Crippen LogP) is 2.10. The van der Waals surface area contributed by atoms with E-state index in [0.29, 0.717) is 5.82 Å². The van der Waals surface area contributed by atoms with Gasteiger partial charge in [-0.1, -0.05) is 12.1 Å². The monoisotopic (exact) mass is 211 g/mol. The highest BCUT2D eigenvalue weighted by atomic mass is 16.3. The first-order chi connectivity index (χ1) is 7.86. The molecule has 78 valence electrons. The maximum atomic E-state index is 9.80. The zero-order valence-electron chi connectivity index (χ0n) is 8.41. The summed E-state index contributed by atoms with van der Waals surface area (Å²) in [5.74, 6) is 0.810. The third kappa shape index (κ3) is 1.24. The van der Waals surface area contributed by atoms with Crippen molar-refractivity contribution < 1.29 is 5.11 Å². The van der Waals surface area contributed by atoms with Gasteiger partial charge in [0.25, 0.3) is 0 Å². The second-order valence-electron chi connectivity index (χ2n) is 3.44. The van der Waals surface area contributed by atoms with Gasteiger partial charge in [0.15, 0.2) is 11.7 Å². The lowest BCUT2D eigenvalue weighted by atomic mass is 10.3. The zero-order chi connectivity index (χ0) is 11.0. The topological polar surface area (TPSA) is 50.4 Å². The molecule has 0 aliphatic rings. The number of aromatic hydroxyl groups is 1. The molecule has 0 aliphatic carbocycles. The van der Waals surface area contributed by atoms with E-state index in [4.69, 9.17) is 0 Å². The van der Waals surface area contributed by atoms with E-state index in [-0.39, 0.29) is 5.88 Å². The first-order valence-electron chi connectivity index (χ1n) is 4.93. The molecule has 4 heteroatoms. The number of imidazole rings is 1. The fourth-order valence-corrected chi connectivity index (χ4v) is 1.71. The van der Waals surface area contributed by atoms with Crippen LogP contribution in [-0.2, 0) is 0 Å². The molecule has 3 aromatic heterocycles. The van der Waals surface area contributed by atoms with Gasteiger partial charge in [-0.15, -0.1) is 0 Å². The van der Waals surface area contributed by atoms with Crippen LogP contribution in [0.4, 0.5) is 0 Å². The summed E-state index contributed by atoms with van der Waals surface area (Å²) in [4.78, 5) is 8.48. The van der Waals surface area contributed by atoms with Gasteiger partial charge >= 0.3 is 0 Å². The largest absolute Gasteiger partial charge is 0.494 e. The Balaban J connectivity index is 2.33. The summed E-state index contributed by atoms with van der Waals surface area (Å²) >= 11 is 0. The number of hydrogen-bond donors (Lipinski definition) is 1. The van der Waals surface area contributed by atoms with Crippen LogP contribution in [0.25, 0.3) is 17.0 Å². The summed E-state index contributed by atoms with van der Waals surface area (Å²) in [6.45, 7) is 0. The van der Waals surface area contributed by atoms with Crippen molar-refractivity contribution >= 4 is 5.52 Å². The van der Waals surface area contributed by atoms with Crippen molar-refractivity contribution in [3.8, 4) is 17.4 Å². The van der Waals surface area contributed by atoms with E-state index >= 15 is 0 Å². The van der Waals surface area contributed by atoms with Gasteiger partial charge in [-0.3, -0.25) is 9.38 Å². The number of rotatable bonds is 1. The Morgan fingerprint density at radius 2 is 1.94 bits per heavy atom. The van der Waals surface area contributed by atoms with E-state index in [0.717, 1.165) is 11.2 Å². The first-order valence-corrected chi connectivity index (χ1v) is 4.93. The molecule has 0 saturated heterocycles. The highest BCUT2D eigenvalue weighted by Crippen LogP contribution is 2.22. The lowest BCUT2D eigenvalue weighted by Gasteiger charge is -2.02. The molecule has 3 aromatic rings. The molecule has 0 amide bonds. The molecule has 0 saturated carbocycles. The molecule has 0 spiro atoms. The van der Waals surface area contributed by atoms with Crippen molar-refractivity contribution in [1.29, 1.82) is 0 Å². The maximum absolute atomic E-state index is 9.80. The number of aromatic nitrogens is 3. The van der Waals surface area contributed by atoms with Crippen LogP contribution >= 0.6 is 0 Å². The average Bonchev–Trinajstić information content (AvgIpc) is 2.75. The number of fused-ring (bicyclic) bond motifs is 1. The van der Waals surface area contributed by atoms with Crippen LogP contribution in [0, 0.1) is 0 Å². The SMILES string of the molecule is Oc1cccc2cnc(-c3ccccn3)n12. The zero-order valence-corrected chi connectivity index (χ0v) is 8.41. The molecule has 0 radical (unpaired) electrons. The molecular formula is C12H9N3O. The Morgan fingerprint density at radius 3 is 2.75 bits per heavy atom. The Morgan fingerprint density at radius 1 is 1.00 bits per heavy atom. The Kier molecular flexibility index (Phi) is 1.86. The molecule has 0 unspecified atom stereocenters. The van der Waals surface area contributed by atoms with E-state index in [9.17, 15) is 5.11 Å². The van der Waals surface area contributed by atoms with Crippen LogP contribution in [0.5, 0.6) is 5.88 Å². The van der Waals surface area contributed by atoms with Gasteiger partial charge < -0.3 is 5.11 Å². The normalized spacial score (nSPS) is 10.8. The summed E-state index contributed by atoms with van der Waals surface area (Å²) in [5, 5.41) is 9.80. The van der Waals surface area contributed by atoms with Crippen LogP contribution in [0.3, 0.4) is 0 Å². The minimum atomic E-state index is 0.163. The third-order valence-corrected chi connectivity index (χ3v) is 2.42. The fraction of sp³-hybridized carbons (Fsp3) is 0. The molecule has 0 aliphatic heterocycles. The van der Waals surface area contributed by atoms with Crippen LogP contribution in [0.1, 0.15) is 0 Å². The second-order valence-corrected chi connectivity index (χ2v) is 3.44. The molecule has 3 rings (SSSR count). The number of pyridine rings is 2. The predicted molar refractivity (Wildman–Crippen MR) is 60.1 cm³/mol. The van der Waals surface area contributed by atoms with Crippen molar-refractivity contribution in [1.82, 2.24) is 14.4 Å². The molecule has 0 aromatic carbocycles. The van der Waals surface area contributed by atoms with E-state index < -0.39 is 0 Å². The third-order valence-electron chi connectivity index (χ3n) is 2.42. The van der Waals surface area contributed by atoms with Gasteiger partial charge in [-0.05, 0) is 24.3 Å². The Labute approximate surface area is 91.8 Å². The maximum Gasteiger partial charge on any atom is 0.197 e. The van der Waals surface area contributed by atoms with Crippen molar-refractivity contribution in [3.63, 3.8) is 0 Å². The van der Waals surface area contributed by atoms with Gasteiger partial charge in [0, 0.05) is 6.20 Å². The van der Waals surface area contributed by atoms with Crippen LogP contribution in [-0.4, -0.2) is 19.5 Å². The van der Waals surface area contributed by atoms with Gasteiger partial charge in [-0.2, -0.15) is 0 Å². The summed E-state index contributed by atoms with van der Waals surface area (Å²) in [7, 11) is 0. The highest BCUT2D eigenvalue weighted by molar-refractivity contribution is 5.60. The summed E-state index contributed by atoms with van der Waals surface area (Å²) in [6.07, 6.45) is 3.42. The Bertz CT molecular complexity index is 631. The molecule has 0 fully saturated rings. The van der Waals surface area contributed by atoms with Gasteiger partial charge in [-0.25, -0.2) is 4.98 Å². The van der Waals surface area contributed by atoms with Crippen LogP contribution < -0.4 is 0 Å². The second kappa shape index (κ2) is 3.34. The molecule has 3 heterocycles. The van der Waals surface area contributed by atoms with Crippen LogP contribution in [0.15, 0.2) is 48.8 Å². The minimum Gasteiger partial charge on any atom is -0.494 e. The highest BCUT2D eigenvalue weighted by Gasteiger charge is 2.09. The molecule has 0 atom stereocenters. The summed E-state index contributed by atoms with van der Waals surface area (Å²) in [6, 6.07) is 10.9. The van der Waals surface area contributed by atoms with Crippen molar-refractivity contribution in [2.75, 3.05) is 0 Å².